The summed E-state index contributed by atoms with van der Waals surface area (Å²) in [7, 11) is 5.88. The maximum Gasteiger partial charge on any atom is 0.191 e. The summed E-state index contributed by atoms with van der Waals surface area (Å²) in [6.07, 6.45) is 2.54. The number of rotatable bonds is 8. The first kappa shape index (κ1) is 26.6. The van der Waals surface area contributed by atoms with Crippen molar-refractivity contribution >= 4 is 46.7 Å². The van der Waals surface area contributed by atoms with Crippen LogP contribution in [-0.4, -0.2) is 75.4 Å². The number of nitrogens with zero attached hydrogens (tertiary/aromatic N) is 4. The van der Waals surface area contributed by atoms with E-state index in [-0.39, 0.29) is 24.0 Å². The van der Waals surface area contributed by atoms with Gasteiger partial charge < -0.3 is 25.2 Å². The Morgan fingerprint density at radius 3 is 2.62 bits per heavy atom. The van der Waals surface area contributed by atoms with Gasteiger partial charge in [-0.05, 0) is 44.4 Å². The number of halogens is 1. The zero-order valence-corrected chi connectivity index (χ0v) is 22.4. The maximum atomic E-state index is 5.69. The van der Waals surface area contributed by atoms with Crippen molar-refractivity contribution in [1.29, 1.82) is 0 Å². The molecule has 0 spiro atoms. The zero-order valence-electron chi connectivity index (χ0n) is 20.1. The highest BCUT2D eigenvalue weighted by Crippen LogP contribution is 2.22. The van der Waals surface area contributed by atoms with Gasteiger partial charge in [0.15, 0.2) is 5.96 Å². The number of anilines is 1. The Balaban J connectivity index is 0.00000363. The summed E-state index contributed by atoms with van der Waals surface area (Å²) in [4.78, 5) is 13.7. The van der Waals surface area contributed by atoms with E-state index < -0.39 is 0 Å². The first-order valence-corrected chi connectivity index (χ1v) is 11.3. The third kappa shape index (κ3) is 7.74. The summed E-state index contributed by atoms with van der Waals surface area (Å²) in [5, 5.41) is 8.29. The minimum absolute atomic E-state index is 0. The number of guanidine groups is 1. The second kappa shape index (κ2) is 13.2. The Kier molecular flexibility index (Phi) is 10.9. The Bertz CT molecular complexity index is 865. The topological polar surface area (TPSA) is 65.0 Å². The van der Waals surface area contributed by atoms with Crippen LogP contribution in [0.2, 0.25) is 0 Å². The number of para-hydroxylation sites is 1. The number of benzene rings is 1. The number of fused-ring (bicyclic) bond motifs is 1. The summed E-state index contributed by atoms with van der Waals surface area (Å²) in [5.74, 6) is 1.82. The minimum Gasteiger partial charge on any atom is -0.377 e. The number of hydrogen-bond donors (Lipinski definition) is 2. The lowest BCUT2D eigenvalue weighted by Gasteiger charge is -2.33. The Morgan fingerprint density at radius 2 is 1.97 bits per heavy atom. The molecule has 0 unspecified atom stereocenters. The Hall–Kier alpha value is -1.65. The SMILES string of the molecule is CN=C(NCc1cc(N(C)C)nc2ccccc12)NC1CCN(CCOC(C)C)CC1.I. The molecule has 1 aromatic heterocycles. The Morgan fingerprint density at radius 1 is 1.25 bits per heavy atom. The van der Waals surface area contributed by atoms with E-state index in [9.17, 15) is 0 Å². The molecule has 0 atom stereocenters. The van der Waals surface area contributed by atoms with Crippen molar-refractivity contribution in [3.8, 4) is 0 Å². The summed E-state index contributed by atoms with van der Waals surface area (Å²) >= 11 is 0. The molecule has 178 valence electrons. The fourth-order valence-electron chi connectivity index (χ4n) is 3.89. The van der Waals surface area contributed by atoms with E-state index in [2.05, 4.69) is 58.6 Å². The van der Waals surface area contributed by atoms with Gasteiger partial charge in [0, 0.05) is 58.8 Å². The van der Waals surface area contributed by atoms with Gasteiger partial charge in [0.1, 0.15) is 5.82 Å². The highest BCUT2D eigenvalue weighted by molar-refractivity contribution is 14.0. The lowest BCUT2D eigenvalue weighted by Crippen LogP contribution is -2.49. The molecule has 8 heteroatoms. The number of aromatic nitrogens is 1. The van der Waals surface area contributed by atoms with E-state index in [1.54, 1.807) is 0 Å². The van der Waals surface area contributed by atoms with Gasteiger partial charge in [0.2, 0.25) is 0 Å². The normalized spacial score (nSPS) is 15.6. The van der Waals surface area contributed by atoms with Crippen molar-refractivity contribution in [3.05, 3.63) is 35.9 Å². The molecule has 2 N–H and O–H groups in total. The molecule has 0 bridgehead atoms. The van der Waals surface area contributed by atoms with Crippen LogP contribution in [0, 0.1) is 0 Å². The van der Waals surface area contributed by atoms with Crippen LogP contribution in [0.1, 0.15) is 32.3 Å². The van der Waals surface area contributed by atoms with Crippen molar-refractivity contribution in [2.75, 3.05) is 52.3 Å². The lowest BCUT2D eigenvalue weighted by molar-refractivity contribution is 0.0532. The number of nitrogens with one attached hydrogen (secondary N) is 2. The van der Waals surface area contributed by atoms with Gasteiger partial charge in [-0.2, -0.15) is 0 Å². The third-order valence-corrected chi connectivity index (χ3v) is 5.70. The molecule has 7 nitrogen and oxygen atoms in total. The molecule has 0 amide bonds. The number of pyridine rings is 1. The summed E-state index contributed by atoms with van der Waals surface area (Å²) in [6.45, 7) is 8.90. The number of ether oxygens (including phenoxy) is 1. The standard InChI is InChI=1S/C24H38N6O.HI/c1-18(2)31-15-14-30-12-10-20(11-13-30)27-24(25-3)26-17-19-16-23(29(4)5)28-22-9-7-6-8-21(19)22;/h6-9,16,18,20H,10-15,17H2,1-5H3,(H2,25,26,27);1H. The van der Waals surface area contributed by atoms with Crippen LogP contribution in [0.3, 0.4) is 0 Å². The molecule has 1 aliphatic heterocycles. The second-order valence-electron chi connectivity index (χ2n) is 8.66. The average Bonchev–Trinajstić information content (AvgIpc) is 2.77. The van der Waals surface area contributed by atoms with Crippen molar-refractivity contribution in [2.45, 2.75) is 45.4 Å². The van der Waals surface area contributed by atoms with E-state index in [1.165, 1.54) is 10.9 Å². The van der Waals surface area contributed by atoms with Crippen molar-refractivity contribution in [3.63, 3.8) is 0 Å². The highest BCUT2D eigenvalue weighted by Gasteiger charge is 2.20. The monoisotopic (exact) mass is 554 g/mol. The number of piperidine rings is 1. The number of likely N-dealkylation sites (tertiary alicyclic amines) is 1. The van der Waals surface area contributed by atoms with E-state index in [0.29, 0.717) is 18.7 Å². The van der Waals surface area contributed by atoms with Gasteiger partial charge in [0.05, 0.1) is 18.2 Å². The second-order valence-corrected chi connectivity index (χ2v) is 8.66. The maximum absolute atomic E-state index is 5.69. The van der Waals surface area contributed by atoms with Crippen LogP contribution in [0.25, 0.3) is 10.9 Å². The van der Waals surface area contributed by atoms with Gasteiger partial charge in [-0.15, -0.1) is 24.0 Å². The van der Waals surface area contributed by atoms with Crippen molar-refractivity contribution in [2.24, 2.45) is 4.99 Å². The molecule has 3 rings (SSSR count). The minimum atomic E-state index is 0. The fourth-order valence-corrected chi connectivity index (χ4v) is 3.89. The van der Waals surface area contributed by atoms with Crippen LogP contribution in [-0.2, 0) is 11.3 Å². The molecule has 0 aliphatic carbocycles. The molecule has 2 heterocycles. The first-order chi connectivity index (χ1) is 15.0. The lowest BCUT2D eigenvalue weighted by atomic mass is 10.1. The van der Waals surface area contributed by atoms with E-state index >= 15 is 0 Å². The van der Waals surface area contributed by atoms with Crippen LogP contribution in [0.4, 0.5) is 5.82 Å². The predicted molar refractivity (Wildman–Crippen MR) is 145 cm³/mol. The molecular weight excluding hydrogens is 515 g/mol. The number of hydrogen-bond acceptors (Lipinski definition) is 5. The predicted octanol–water partition coefficient (Wildman–Crippen LogP) is 3.47. The van der Waals surface area contributed by atoms with Crippen molar-refractivity contribution in [1.82, 2.24) is 20.5 Å². The molecule has 1 aromatic carbocycles. The smallest absolute Gasteiger partial charge is 0.191 e. The van der Waals surface area contributed by atoms with Gasteiger partial charge in [-0.3, -0.25) is 4.99 Å². The largest absolute Gasteiger partial charge is 0.377 e. The molecule has 1 fully saturated rings. The van der Waals surface area contributed by atoms with Crippen LogP contribution in [0.15, 0.2) is 35.3 Å². The molecule has 1 saturated heterocycles. The fraction of sp³-hybridized carbons (Fsp3) is 0.583. The van der Waals surface area contributed by atoms with Gasteiger partial charge in [-0.1, -0.05) is 18.2 Å². The van der Waals surface area contributed by atoms with E-state index in [0.717, 1.165) is 56.4 Å². The van der Waals surface area contributed by atoms with Crippen LogP contribution in [0.5, 0.6) is 0 Å². The summed E-state index contributed by atoms with van der Waals surface area (Å²) in [5.41, 5.74) is 2.24. The van der Waals surface area contributed by atoms with Crippen molar-refractivity contribution < 1.29 is 4.74 Å². The van der Waals surface area contributed by atoms with Gasteiger partial charge in [-0.25, -0.2) is 4.98 Å². The molecule has 2 aromatic rings. The van der Waals surface area contributed by atoms with Crippen LogP contribution < -0.4 is 15.5 Å². The van der Waals surface area contributed by atoms with Gasteiger partial charge >= 0.3 is 0 Å². The van der Waals surface area contributed by atoms with Crippen LogP contribution >= 0.6 is 24.0 Å². The van der Waals surface area contributed by atoms with E-state index in [1.807, 2.05) is 32.1 Å². The first-order valence-electron chi connectivity index (χ1n) is 11.3. The van der Waals surface area contributed by atoms with Gasteiger partial charge in [0.25, 0.3) is 0 Å². The molecular formula is C24H39IN6O. The third-order valence-electron chi connectivity index (χ3n) is 5.70. The van der Waals surface area contributed by atoms with E-state index in [4.69, 9.17) is 9.72 Å². The molecule has 0 radical (unpaired) electrons. The zero-order chi connectivity index (χ0) is 22.2. The quantitative estimate of drug-likeness (QED) is 0.296. The number of aliphatic imine (C=N–C) groups is 1. The average molecular weight is 555 g/mol. The molecule has 1 aliphatic rings. The Labute approximate surface area is 210 Å². The summed E-state index contributed by atoms with van der Waals surface area (Å²) in [6, 6.07) is 10.9. The highest BCUT2D eigenvalue weighted by atomic mass is 127. The summed E-state index contributed by atoms with van der Waals surface area (Å²) < 4.78 is 5.69. The molecule has 32 heavy (non-hydrogen) atoms. The molecule has 0 saturated carbocycles.